The van der Waals surface area contributed by atoms with Gasteiger partial charge in [-0.2, -0.15) is 18.3 Å². The number of benzene rings is 1. The van der Waals surface area contributed by atoms with Crippen molar-refractivity contribution in [1.29, 1.82) is 0 Å². The number of rotatable bonds is 4. The molecule has 2 aromatic heterocycles. The molecular weight excluding hydrogens is 388 g/mol. The molecule has 0 saturated carbocycles. The topological polar surface area (TPSA) is 42.7 Å². The third-order valence-electron chi connectivity index (χ3n) is 5.20. The quantitative estimate of drug-likeness (QED) is 0.595. The first-order chi connectivity index (χ1) is 13.8. The van der Waals surface area contributed by atoms with E-state index in [1.807, 2.05) is 4.90 Å². The molecule has 0 amide bonds. The fourth-order valence-electron chi connectivity index (χ4n) is 3.83. The molecule has 1 atom stereocenters. The highest BCUT2D eigenvalue weighted by Crippen LogP contribution is 2.35. The maximum absolute atomic E-state index is 14.4. The molecule has 1 saturated heterocycles. The summed E-state index contributed by atoms with van der Waals surface area (Å²) in [7, 11) is 1.47. The van der Waals surface area contributed by atoms with Crippen LogP contribution >= 0.6 is 0 Å². The van der Waals surface area contributed by atoms with E-state index < -0.39 is 11.9 Å². The number of fused-ring (bicyclic) bond motifs is 1. The first kappa shape index (κ1) is 19.6. The summed E-state index contributed by atoms with van der Waals surface area (Å²) in [5, 5.41) is 4.22. The molecule has 3 heterocycles. The zero-order valence-corrected chi connectivity index (χ0v) is 16.0. The predicted molar refractivity (Wildman–Crippen MR) is 98.1 cm³/mol. The van der Waals surface area contributed by atoms with Gasteiger partial charge in [0.25, 0.3) is 0 Å². The van der Waals surface area contributed by atoms with E-state index in [2.05, 4.69) is 10.1 Å². The number of nitrogens with zero attached hydrogens (tertiary/aromatic N) is 4. The van der Waals surface area contributed by atoms with Gasteiger partial charge in [0.1, 0.15) is 17.3 Å². The Morgan fingerprint density at radius 3 is 2.69 bits per heavy atom. The molecule has 1 aromatic carbocycles. The second-order valence-electron chi connectivity index (χ2n) is 7.21. The SMILES string of the molecule is COc1ccc(CN2CCCC2c2cc3nc(C)cc(C(F)(F)F)n3n2)c(F)c1. The maximum Gasteiger partial charge on any atom is 0.433 e. The second kappa shape index (κ2) is 7.29. The van der Waals surface area contributed by atoms with Crippen LogP contribution in [0.25, 0.3) is 5.65 Å². The van der Waals surface area contributed by atoms with Crippen molar-refractivity contribution >= 4 is 5.65 Å². The van der Waals surface area contributed by atoms with Crippen LogP contribution in [0.5, 0.6) is 5.75 Å². The van der Waals surface area contributed by atoms with E-state index in [4.69, 9.17) is 4.74 Å². The maximum atomic E-state index is 14.4. The van der Waals surface area contributed by atoms with Crippen molar-refractivity contribution in [2.45, 2.75) is 38.5 Å². The standard InChI is InChI=1S/C20H20F4N4O/c1-12-8-18(20(22,23)24)28-19(25-12)10-16(26-28)17-4-3-7-27(17)11-13-5-6-14(29-2)9-15(13)21/h5-6,8-10,17H,3-4,7,11H2,1-2H3. The average Bonchev–Trinajstić information content (AvgIpc) is 3.28. The fourth-order valence-corrected chi connectivity index (χ4v) is 3.83. The van der Waals surface area contributed by atoms with E-state index in [0.29, 0.717) is 30.1 Å². The lowest BCUT2D eigenvalue weighted by Gasteiger charge is -2.23. The summed E-state index contributed by atoms with van der Waals surface area (Å²) in [5.74, 6) is 0.0624. The second-order valence-corrected chi connectivity index (χ2v) is 7.21. The predicted octanol–water partition coefficient (Wildman–Crippen LogP) is 4.54. The van der Waals surface area contributed by atoms with Gasteiger partial charge in [0.2, 0.25) is 0 Å². The molecule has 1 unspecified atom stereocenters. The molecule has 1 aliphatic heterocycles. The average molecular weight is 408 g/mol. The Labute approximate surface area is 164 Å². The number of alkyl halides is 3. The van der Waals surface area contributed by atoms with Crippen molar-refractivity contribution in [3.63, 3.8) is 0 Å². The molecule has 154 valence electrons. The number of aryl methyl sites for hydroxylation is 1. The van der Waals surface area contributed by atoms with Gasteiger partial charge in [-0.25, -0.2) is 13.9 Å². The Morgan fingerprint density at radius 2 is 2.00 bits per heavy atom. The van der Waals surface area contributed by atoms with Crippen LogP contribution in [0.4, 0.5) is 17.6 Å². The first-order valence-electron chi connectivity index (χ1n) is 9.27. The largest absolute Gasteiger partial charge is 0.497 e. The number of hydrogen-bond acceptors (Lipinski definition) is 4. The van der Waals surface area contributed by atoms with Gasteiger partial charge in [0.05, 0.1) is 18.8 Å². The minimum absolute atomic E-state index is 0.162. The number of aromatic nitrogens is 3. The van der Waals surface area contributed by atoms with Crippen molar-refractivity contribution in [2.24, 2.45) is 0 Å². The van der Waals surface area contributed by atoms with E-state index in [9.17, 15) is 17.6 Å². The molecule has 0 radical (unpaired) electrons. The van der Waals surface area contributed by atoms with Crippen LogP contribution in [0.2, 0.25) is 0 Å². The Kier molecular flexibility index (Phi) is 4.94. The van der Waals surface area contributed by atoms with Gasteiger partial charge < -0.3 is 4.74 Å². The van der Waals surface area contributed by atoms with Crippen molar-refractivity contribution in [3.8, 4) is 5.75 Å². The van der Waals surface area contributed by atoms with Crippen molar-refractivity contribution in [2.75, 3.05) is 13.7 Å². The van der Waals surface area contributed by atoms with Crippen LogP contribution in [0.3, 0.4) is 0 Å². The lowest BCUT2D eigenvalue weighted by atomic mass is 10.1. The Morgan fingerprint density at radius 1 is 1.21 bits per heavy atom. The Balaban J connectivity index is 1.66. The van der Waals surface area contributed by atoms with Gasteiger partial charge in [0, 0.05) is 29.9 Å². The van der Waals surface area contributed by atoms with E-state index in [0.717, 1.165) is 23.4 Å². The molecule has 29 heavy (non-hydrogen) atoms. The summed E-state index contributed by atoms with van der Waals surface area (Å²) in [4.78, 5) is 6.23. The summed E-state index contributed by atoms with van der Waals surface area (Å²) in [6.07, 6.45) is -2.94. The van der Waals surface area contributed by atoms with E-state index in [1.165, 1.54) is 20.1 Å². The fraction of sp³-hybridized carbons (Fsp3) is 0.400. The minimum Gasteiger partial charge on any atom is -0.497 e. The number of likely N-dealkylation sites (tertiary alicyclic amines) is 1. The van der Waals surface area contributed by atoms with Crippen molar-refractivity contribution in [3.05, 3.63) is 58.8 Å². The van der Waals surface area contributed by atoms with Crippen molar-refractivity contribution in [1.82, 2.24) is 19.5 Å². The molecule has 4 rings (SSSR count). The molecule has 1 aliphatic rings. The molecule has 0 bridgehead atoms. The summed E-state index contributed by atoms with van der Waals surface area (Å²) in [6.45, 7) is 2.58. The van der Waals surface area contributed by atoms with Crippen LogP contribution in [0.1, 0.15) is 41.5 Å². The minimum atomic E-state index is -4.53. The molecule has 3 aromatic rings. The number of ether oxygens (including phenoxy) is 1. The Bertz CT molecular complexity index is 1050. The van der Waals surface area contributed by atoms with Gasteiger partial charge in [0.15, 0.2) is 5.65 Å². The third kappa shape index (κ3) is 3.78. The monoisotopic (exact) mass is 408 g/mol. The molecule has 1 fully saturated rings. The zero-order chi connectivity index (χ0) is 20.8. The molecular formula is C20H20F4N4O. The highest BCUT2D eigenvalue weighted by molar-refractivity contribution is 5.43. The van der Waals surface area contributed by atoms with E-state index >= 15 is 0 Å². The van der Waals surface area contributed by atoms with Gasteiger partial charge in [-0.15, -0.1) is 0 Å². The van der Waals surface area contributed by atoms with Gasteiger partial charge in [-0.1, -0.05) is 6.07 Å². The van der Waals surface area contributed by atoms with Crippen LogP contribution in [0, 0.1) is 12.7 Å². The molecule has 9 heteroatoms. The summed E-state index contributed by atoms with van der Waals surface area (Å²) < 4.78 is 60.4. The number of methoxy groups -OCH3 is 1. The highest BCUT2D eigenvalue weighted by atomic mass is 19.4. The molecule has 0 aliphatic carbocycles. The molecule has 0 spiro atoms. The summed E-state index contributed by atoms with van der Waals surface area (Å²) in [6, 6.07) is 7.07. The molecule has 5 nitrogen and oxygen atoms in total. The highest BCUT2D eigenvalue weighted by Gasteiger charge is 2.36. The van der Waals surface area contributed by atoms with E-state index in [-0.39, 0.29) is 23.2 Å². The number of halogens is 4. The van der Waals surface area contributed by atoms with Gasteiger partial charge >= 0.3 is 6.18 Å². The van der Waals surface area contributed by atoms with Gasteiger partial charge in [-0.3, -0.25) is 4.90 Å². The normalized spacial score (nSPS) is 17.9. The third-order valence-corrected chi connectivity index (χ3v) is 5.20. The van der Waals surface area contributed by atoms with Crippen molar-refractivity contribution < 1.29 is 22.3 Å². The lowest BCUT2D eigenvalue weighted by molar-refractivity contribution is -0.142. The summed E-state index contributed by atoms with van der Waals surface area (Å²) >= 11 is 0. The summed E-state index contributed by atoms with van der Waals surface area (Å²) in [5.41, 5.74) is 0.609. The van der Waals surface area contributed by atoms with Gasteiger partial charge in [-0.05, 0) is 38.4 Å². The lowest BCUT2D eigenvalue weighted by Crippen LogP contribution is -2.24. The van der Waals surface area contributed by atoms with E-state index in [1.54, 1.807) is 18.2 Å². The van der Waals surface area contributed by atoms with Crippen LogP contribution in [-0.4, -0.2) is 33.2 Å². The van der Waals surface area contributed by atoms with Crippen LogP contribution in [0.15, 0.2) is 30.3 Å². The first-order valence-corrected chi connectivity index (χ1v) is 9.27. The smallest absolute Gasteiger partial charge is 0.433 e. The van der Waals surface area contributed by atoms with Crippen LogP contribution in [-0.2, 0) is 12.7 Å². The zero-order valence-electron chi connectivity index (χ0n) is 16.0. The number of hydrogen-bond donors (Lipinski definition) is 0. The molecule has 0 N–H and O–H groups in total. The van der Waals surface area contributed by atoms with Crippen LogP contribution < -0.4 is 4.74 Å². The Hall–Kier alpha value is -2.68.